The molecular formula is C16H26N2O2S. The molecule has 3 N–H and O–H groups in total. The van der Waals surface area contributed by atoms with Gasteiger partial charge in [-0.1, -0.05) is 44.7 Å². The third-order valence-corrected chi connectivity index (χ3v) is 5.90. The fraction of sp³-hybridized carbons (Fsp3) is 0.625. The number of nitrogens with two attached hydrogens (primary N) is 1. The summed E-state index contributed by atoms with van der Waals surface area (Å²) in [6, 6.07) is 7.24. The van der Waals surface area contributed by atoms with Gasteiger partial charge in [0.15, 0.2) is 9.84 Å². The van der Waals surface area contributed by atoms with Gasteiger partial charge in [0.2, 0.25) is 0 Å². The maximum atomic E-state index is 11.5. The van der Waals surface area contributed by atoms with Crippen molar-refractivity contribution in [3.63, 3.8) is 0 Å². The molecule has 0 spiro atoms. The van der Waals surface area contributed by atoms with Crippen molar-refractivity contribution >= 4 is 9.84 Å². The molecule has 1 saturated carbocycles. The summed E-state index contributed by atoms with van der Waals surface area (Å²) in [5.74, 6) is 7.02. The summed E-state index contributed by atoms with van der Waals surface area (Å²) in [5.41, 5.74) is 4.04. The predicted molar refractivity (Wildman–Crippen MR) is 85.4 cm³/mol. The van der Waals surface area contributed by atoms with Crippen LogP contribution in [0.4, 0.5) is 0 Å². The van der Waals surface area contributed by atoms with Crippen molar-refractivity contribution in [1.29, 1.82) is 0 Å². The van der Waals surface area contributed by atoms with Gasteiger partial charge >= 0.3 is 0 Å². The Labute approximate surface area is 128 Å². The maximum Gasteiger partial charge on any atom is 0.175 e. The molecule has 1 aromatic rings. The molecule has 0 heterocycles. The Morgan fingerprint density at radius 2 is 1.86 bits per heavy atom. The first-order valence-corrected chi connectivity index (χ1v) is 9.62. The Bertz CT molecular complexity index is 554. The summed E-state index contributed by atoms with van der Waals surface area (Å²) < 4.78 is 23.1. The van der Waals surface area contributed by atoms with Crippen LogP contribution in [0.15, 0.2) is 29.2 Å². The van der Waals surface area contributed by atoms with E-state index in [1.165, 1.54) is 38.4 Å². The zero-order chi connectivity index (χ0) is 15.5. The lowest BCUT2D eigenvalue weighted by molar-refractivity contribution is 0.176. The van der Waals surface area contributed by atoms with E-state index in [9.17, 15) is 8.42 Å². The number of rotatable bonds is 5. The van der Waals surface area contributed by atoms with E-state index in [2.05, 4.69) is 12.3 Å². The molecule has 3 atom stereocenters. The first-order valence-electron chi connectivity index (χ1n) is 7.73. The van der Waals surface area contributed by atoms with Gasteiger partial charge in [0.25, 0.3) is 0 Å². The SMILES string of the molecule is CCC1CCCCC1C(NN)c1ccc(S(C)(=O)=O)cc1. The summed E-state index contributed by atoms with van der Waals surface area (Å²) in [6.07, 6.45) is 7.40. The van der Waals surface area contributed by atoms with Crippen LogP contribution in [0.3, 0.4) is 0 Å². The zero-order valence-electron chi connectivity index (χ0n) is 12.9. The number of hydrogen-bond donors (Lipinski definition) is 2. The van der Waals surface area contributed by atoms with Crippen molar-refractivity contribution in [1.82, 2.24) is 5.43 Å². The van der Waals surface area contributed by atoms with E-state index in [1.807, 2.05) is 12.1 Å². The van der Waals surface area contributed by atoms with Crippen LogP contribution in [0.5, 0.6) is 0 Å². The fourth-order valence-corrected chi connectivity index (χ4v) is 4.20. The molecule has 0 aliphatic heterocycles. The molecule has 1 aromatic carbocycles. The Kier molecular flexibility index (Phi) is 5.41. The predicted octanol–water partition coefficient (Wildman–Crippen LogP) is 2.81. The highest BCUT2D eigenvalue weighted by molar-refractivity contribution is 7.90. The normalized spacial score (nSPS) is 24.7. The first kappa shape index (κ1) is 16.5. The number of hydrazine groups is 1. The topological polar surface area (TPSA) is 72.2 Å². The van der Waals surface area contributed by atoms with Crippen LogP contribution < -0.4 is 11.3 Å². The molecular weight excluding hydrogens is 284 g/mol. The average Bonchev–Trinajstić information content (AvgIpc) is 2.48. The summed E-state index contributed by atoms with van der Waals surface area (Å²) in [5, 5.41) is 0. The highest BCUT2D eigenvalue weighted by Crippen LogP contribution is 2.40. The van der Waals surface area contributed by atoms with Crippen molar-refractivity contribution < 1.29 is 8.42 Å². The van der Waals surface area contributed by atoms with Gasteiger partial charge in [-0.25, -0.2) is 8.42 Å². The van der Waals surface area contributed by atoms with Crippen molar-refractivity contribution in [2.24, 2.45) is 17.7 Å². The van der Waals surface area contributed by atoms with Crippen LogP contribution in [-0.4, -0.2) is 14.7 Å². The Morgan fingerprint density at radius 3 is 2.38 bits per heavy atom. The molecule has 4 nitrogen and oxygen atoms in total. The van der Waals surface area contributed by atoms with Crippen LogP contribution in [0, 0.1) is 11.8 Å². The highest BCUT2D eigenvalue weighted by Gasteiger charge is 2.31. The van der Waals surface area contributed by atoms with E-state index < -0.39 is 9.84 Å². The fourth-order valence-electron chi connectivity index (χ4n) is 3.57. The lowest BCUT2D eigenvalue weighted by Crippen LogP contribution is -2.38. The Hall–Kier alpha value is -0.910. The molecule has 1 fully saturated rings. The molecule has 2 rings (SSSR count). The third-order valence-electron chi connectivity index (χ3n) is 4.77. The van der Waals surface area contributed by atoms with Gasteiger partial charge in [-0.05, 0) is 36.0 Å². The molecule has 0 saturated heterocycles. The molecule has 0 amide bonds. The van der Waals surface area contributed by atoms with E-state index in [0.29, 0.717) is 16.7 Å². The second-order valence-corrected chi connectivity index (χ2v) is 8.12. The van der Waals surface area contributed by atoms with Gasteiger partial charge in [0.05, 0.1) is 4.90 Å². The number of hydrogen-bond acceptors (Lipinski definition) is 4. The highest BCUT2D eigenvalue weighted by atomic mass is 32.2. The van der Waals surface area contributed by atoms with Gasteiger partial charge in [-0.2, -0.15) is 0 Å². The summed E-state index contributed by atoms with van der Waals surface area (Å²) in [7, 11) is -3.14. The molecule has 0 radical (unpaired) electrons. The van der Waals surface area contributed by atoms with Crippen LogP contribution in [0.25, 0.3) is 0 Å². The number of benzene rings is 1. The molecule has 21 heavy (non-hydrogen) atoms. The molecule has 118 valence electrons. The van der Waals surface area contributed by atoms with E-state index in [4.69, 9.17) is 5.84 Å². The largest absolute Gasteiger partial charge is 0.271 e. The van der Waals surface area contributed by atoms with Crippen LogP contribution in [-0.2, 0) is 9.84 Å². The molecule has 3 unspecified atom stereocenters. The smallest absolute Gasteiger partial charge is 0.175 e. The molecule has 0 aromatic heterocycles. The van der Waals surface area contributed by atoms with Crippen LogP contribution >= 0.6 is 0 Å². The molecule has 5 heteroatoms. The summed E-state index contributed by atoms with van der Waals surface area (Å²) >= 11 is 0. The molecule has 1 aliphatic carbocycles. The third kappa shape index (κ3) is 3.84. The second-order valence-electron chi connectivity index (χ2n) is 6.10. The minimum Gasteiger partial charge on any atom is -0.271 e. The second kappa shape index (κ2) is 6.90. The van der Waals surface area contributed by atoms with E-state index >= 15 is 0 Å². The van der Waals surface area contributed by atoms with Gasteiger partial charge in [0, 0.05) is 12.3 Å². The van der Waals surface area contributed by atoms with E-state index in [-0.39, 0.29) is 6.04 Å². The lowest BCUT2D eigenvalue weighted by atomic mass is 9.72. The van der Waals surface area contributed by atoms with Gasteiger partial charge < -0.3 is 0 Å². The molecule has 0 bridgehead atoms. The standard InChI is InChI=1S/C16H26N2O2S/c1-3-12-6-4-5-7-15(12)16(18-17)13-8-10-14(11-9-13)21(2,19)20/h8-12,15-16,18H,3-7,17H2,1-2H3. The monoisotopic (exact) mass is 310 g/mol. The Balaban J connectivity index is 2.24. The summed E-state index contributed by atoms with van der Waals surface area (Å²) in [6.45, 7) is 2.24. The summed E-state index contributed by atoms with van der Waals surface area (Å²) in [4.78, 5) is 0.359. The van der Waals surface area contributed by atoms with Crippen molar-refractivity contribution in [3.8, 4) is 0 Å². The van der Waals surface area contributed by atoms with Crippen molar-refractivity contribution in [2.45, 2.75) is 50.0 Å². The lowest BCUT2D eigenvalue weighted by Gasteiger charge is -2.36. The van der Waals surface area contributed by atoms with Crippen LogP contribution in [0.2, 0.25) is 0 Å². The number of nitrogens with one attached hydrogen (secondary N) is 1. The average molecular weight is 310 g/mol. The maximum absolute atomic E-state index is 11.5. The molecule has 1 aliphatic rings. The van der Waals surface area contributed by atoms with E-state index in [1.54, 1.807) is 12.1 Å². The zero-order valence-corrected chi connectivity index (χ0v) is 13.7. The minimum atomic E-state index is -3.14. The first-order chi connectivity index (χ1) is 9.97. The number of sulfone groups is 1. The van der Waals surface area contributed by atoms with Crippen molar-refractivity contribution in [3.05, 3.63) is 29.8 Å². The Morgan fingerprint density at radius 1 is 1.24 bits per heavy atom. The van der Waals surface area contributed by atoms with E-state index in [0.717, 1.165) is 5.56 Å². The van der Waals surface area contributed by atoms with Crippen molar-refractivity contribution in [2.75, 3.05) is 6.26 Å². The van der Waals surface area contributed by atoms with Gasteiger partial charge in [-0.3, -0.25) is 11.3 Å². The quantitative estimate of drug-likeness (QED) is 0.648. The van der Waals surface area contributed by atoms with Gasteiger partial charge in [-0.15, -0.1) is 0 Å². The van der Waals surface area contributed by atoms with Gasteiger partial charge in [0.1, 0.15) is 0 Å². The minimum absolute atomic E-state index is 0.101. The van der Waals surface area contributed by atoms with Crippen LogP contribution in [0.1, 0.15) is 50.6 Å².